The summed E-state index contributed by atoms with van der Waals surface area (Å²) in [6.45, 7) is 9.58. The summed E-state index contributed by atoms with van der Waals surface area (Å²) in [4.78, 5) is 26.0. The van der Waals surface area contributed by atoms with Crippen LogP contribution in [0.25, 0.3) is 11.1 Å². The van der Waals surface area contributed by atoms with Gasteiger partial charge in [0.05, 0.1) is 20.8 Å². The molecule has 0 saturated carbocycles. The molecular weight excluding hydrogens is 502 g/mol. The van der Waals surface area contributed by atoms with Gasteiger partial charge < -0.3 is 23.7 Å². The molecule has 8 nitrogen and oxygen atoms in total. The maximum absolute atomic E-state index is 13.2. The zero-order valence-electron chi connectivity index (χ0n) is 23.0. The fraction of sp³-hybridized carbons (Fsp3) is 0.379. The van der Waals surface area contributed by atoms with Gasteiger partial charge in [0.2, 0.25) is 0 Å². The van der Waals surface area contributed by atoms with Gasteiger partial charge in [-0.1, -0.05) is 43.9 Å². The van der Waals surface area contributed by atoms with E-state index in [0.717, 1.165) is 22.9 Å². The molecule has 0 fully saturated rings. The lowest BCUT2D eigenvalue weighted by Crippen LogP contribution is -2.30. The maximum atomic E-state index is 13.2. The first-order chi connectivity index (χ1) is 18.2. The number of esters is 1. The standard InChI is InChI=1S/C29H37NO7Si/c1-7-36-29(32)26-27(34-3)25(18-30(28(26)31)20-35-16-17-38(4,5)6)22-10-14-24(15-11-22)37-19-21-8-12-23(33-2)13-9-21/h8-15,18H,7,16-17,19-20H2,1-6H3. The second-order valence-electron chi connectivity index (χ2n) is 9.96. The quantitative estimate of drug-likeness (QED) is 0.159. The summed E-state index contributed by atoms with van der Waals surface area (Å²) in [6, 6.07) is 16.0. The predicted octanol–water partition coefficient (Wildman–Crippen LogP) is 5.60. The Balaban J connectivity index is 1.88. The van der Waals surface area contributed by atoms with E-state index in [1.54, 1.807) is 20.2 Å². The van der Waals surface area contributed by atoms with E-state index in [9.17, 15) is 9.59 Å². The smallest absolute Gasteiger partial charge is 0.347 e. The summed E-state index contributed by atoms with van der Waals surface area (Å²) in [5.74, 6) is 0.902. The van der Waals surface area contributed by atoms with E-state index in [1.807, 2.05) is 48.5 Å². The Hall–Kier alpha value is -3.56. The second-order valence-corrected chi connectivity index (χ2v) is 15.6. The van der Waals surface area contributed by atoms with E-state index in [1.165, 1.54) is 11.7 Å². The molecule has 0 radical (unpaired) electrons. The highest BCUT2D eigenvalue weighted by Crippen LogP contribution is 2.33. The summed E-state index contributed by atoms with van der Waals surface area (Å²) < 4.78 is 29.1. The zero-order chi connectivity index (χ0) is 27.7. The van der Waals surface area contributed by atoms with Gasteiger partial charge in [-0.15, -0.1) is 0 Å². The topological polar surface area (TPSA) is 85.2 Å². The van der Waals surface area contributed by atoms with Crippen LogP contribution >= 0.6 is 0 Å². The molecule has 0 atom stereocenters. The number of benzene rings is 2. The van der Waals surface area contributed by atoms with Crippen molar-refractivity contribution < 1.29 is 28.5 Å². The van der Waals surface area contributed by atoms with Crippen LogP contribution in [-0.4, -0.2) is 46.0 Å². The van der Waals surface area contributed by atoms with Gasteiger partial charge in [-0.25, -0.2) is 4.79 Å². The van der Waals surface area contributed by atoms with Gasteiger partial charge in [-0.2, -0.15) is 0 Å². The number of hydrogen-bond acceptors (Lipinski definition) is 7. The normalized spacial score (nSPS) is 11.2. The van der Waals surface area contributed by atoms with Gasteiger partial charge in [-0.3, -0.25) is 9.36 Å². The zero-order valence-corrected chi connectivity index (χ0v) is 24.0. The largest absolute Gasteiger partial charge is 0.497 e. The Morgan fingerprint density at radius 3 is 2.16 bits per heavy atom. The third kappa shape index (κ3) is 7.72. The molecule has 3 rings (SSSR count). The van der Waals surface area contributed by atoms with Crippen molar-refractivity contribution in [2.24, 2.45) is 0 Å². The predicted molar refractivity (Wildman–Crippen MR) is 150 cm³/mol. The fourth-order valence-electron chi connectivity index (χ4n) is 3.71. The minimum atomic E-state index is -1.29. The molecule has 38 heavy (non-hydrogen) atoms. The molecule has 0 saturated heterocycles. The van der Waals surface area contributed by atoms with Crippen molar-refractivity contribution in [1.82, 2.24) is 4.57 Å². The minimum absolute atomic E-state index is 0.0236. The third-order valence-corrected chi connectivity index (χ3v) is 7.58. The first-order valence-corrected chi connectivity index (χ1v) is 16.3. The van der Waals surface area contributed by atoms with E-state index in [0.29, 0.717) is 24.5 Å². The van der Waals surface area contributed by atoms with Crippen molar-refractivity contribution in [2.45, 2.75) is 45.9 Å². The SMILES string of the molecule is CCOC(=O)c1c(OC)c(-c2ccc(OCc3ccc(OC)cc3)cc2)cn(COCC[Si](C)(C)C)c1=O. The van der Waals surface area contributed by atoms with Gasteiger partial charge in [0.1, 0.15) is 30.6 Å². The maximum Gasteiger partial charge on any atom is 0.347 e. The summed E-state index contributed by atoms with van der Waals surface area (Å²) in [5, 5.41) is 0. The molecule has 3 aromatic rings. The van der Waals surface area contributed by atoms with Crippen LogP contribution in [0.5, 0.6) is 17.2 Å². The van der Waals surface area contributed by atoms with E-state index in [2.05, 4.69) is 19.6 Å². The number of pyridine rings is 1. The first kappa shape index (κ1) is 29.0. The average molecular weight is 540 g/mol. The monoisotopic (exact) mass is 539 g/mol. The van der Waals surface area contributed by atoms with Crippen molar-refractivity contribution in [1.29, 1.82) is 0 Å². The number of methoxy groups -OCH3 is 2. The molecule has 9 heteroatoms. The Kier molecular flexibility index (Phi) is 10.1. The van der Waals surface area contributed by atoms with E-state index >= 15 is 0 Å². The lowest BCUT2D eigenvalue weighted by atomic mass is 10.0. The number of rotatable bonds is 13. The first-order valence-electron chi connectivity index (χ1n) is 12.6. The van der Waals surface area contributed by atoms with Crippen LogP contribution in [0.2, 0.25) is 25.7 Å². The Labute approximate surface area is 225 Å². The van der Waals surface area contributed by atoms with Crippen LogP contribution in [0, 0.1) is 0 Å². The van der Waals surface area contributed by atoms with Crippen molar-refractivity contribution in [3.05, 3.63) is 76.2 Å². The molecule has 2 aromatic carbocycles. The summed E-state index contributed by atoms with van der Waals surface area (Å²) in [6.07, 6.45) is 1.66. The van der Waals surface area contributed by atoms with Gasteiger partial charge in [-0.05, 0) is 48.4 Å². The Morgan fingerprint density at radius 2 is 1.58 bits per heavy atom. The van der Waals surface area contributed by atoms with Crippen molar-refractivity contribution in [2.75, 3.05) is 27.4 Å². The molecular formula is C29H37NO7Si. The molecule has 0 aliphatic rings. The number of ether oxygens (including phenoxy) is 5. The van der Waals surface area contributed by atoms with Gasteiger partial charge in [0.15, 0.2) is 5.56 Å². The fourth-order valence-corrected chi connectivity index (χ4v) is 4.46. The molecule has 0 bridgehead atoms. The highest BCUT2D eigenvalue weighted by molar-refractivity contribution is 6.76. The van der Waals surface area contributed by atoms with Crippen molar-refractivity contribution >= 4 is 14.0 Å². The molecule has 1 aromatic heterocycles. The number of hydrogen-bond donors (Lipinski definition) is 0. The molecule has 0 aliphatic carbocycles. The number of nitrogens with zero attached hydrogens (tertiary/aromatic N) is 1. The van der Waals surface area contributed by atoms with E-state index < -0.39 is 19.6 Å². The van der Waals surface area contributed by atoms with Crippen LogP contribution in [0.1, 0.15) is 22.8 Å². The number of aromatic nitrogens is 1. The van der Waals surface area contributed by atoms with Gasteiger partial charge in [0.25, 0.3) is 5.56 Å². The Morgan fingerprint density at radius 1 is 0.921 bits per heavy atom. The summed E-state index contributed by atoms with van der Waals surface area (Å²) in [7, 11) is 1.77. The van der Waals surface area contributed by atoms with Crippen LogP contribution < -0.4 is 19.8 Å². The van der Waals surface area contributed by atoms with Crippen molar-refractivity contribution in [3.8, 4) is 28.4 Å². The van der Waals surface area contributed by atoms with E-state index in [4.69, 9.17) is 23.7 Å². The van der Waals surface area contributed by atoms with Crippen molar-refractivity contribution in [3.63, 3.8) is 0 Å². The second kappa shape index (κ2) is 13.3. The lowest BCUT2D eigenvalue weighted by Gasteiger charge is -2.18. The van der Waals surface area contributed by atoms with Crippen LogP contribution in [0.3, 0.4) is 0 Å². The molecule has 0 unspecified atom stereocenters. The molecule has 1 heterocycles. The highest BCUT2D eigenvalue weighted by atomic mass is 28.3. The molecule has 0 aliphatic heterocycles. The lowest BCUT2D eigenvalue weighted by molar-refractivity contribution is 0.0515. The third-order valence-electron chi connectivity index (χ3n) is 5.87. The molecule has 0 N–H and O–H groups in total. The number of carbonyl (C=O) groups is 1. The van der Waals surface area contributed by atoms with Gasteiger partial charge in [0, 0.05) is 26.4 Å². The summed E-state index contributed by atoms with van der Waals surface area (Å²) in [5.41, 5.74) is 1.67. The average Bonchev–Trinajstić information content (AvgIpc) is 2.90. The van der Waals surface area contributed by atoms with Crippen LogP contribution in [-0.2, 0) is 22.8 Å². The molecule has 0 amide bonds. The summed E-state index contributed by atoms with van der Waals surface area (Å²) >= 11 is 0. The number of carbonyl (C=O) groups excluding carboxylic acids is 1. The Bertz CT molecular complexity index is 1260. The van der Waals surface area contributed by atoms with Crippen LogP contribution in [0.4, 0.5) is 0 Å². The molecule has 0 spiro atoms. The van der Waals surface area contributed by atoms with Gasteiger partial charge >= 0.3 is 5.97 Å². The van der Waals surface area contributed by atoms with E-state index in [-0.39, 0.29) is 24.7 Å². The molecule has 204 valence electrons. The minimum Gasteiger partial charge on any atom is -0.497 e. The van der Waals surface area contributed by atoms with Crippen LogP contribution in [0.15, 0.2) is 59.5 Å². The highest BCUT2D eigenvalue weighted by Gasteiger charge is 2.25.